The second-order valence-electron chi connectivity index (χ2n) is 3.92. The van der Waals surface area contributed by atoms with Crippen LogP contribution in [0.5, 0.6) is 0 Å². The maximum Gasteiger partial charge on any atom is 0.253 e. The lowest BCUT2D eigenvalue weighted by Crippen LogP contribution is -2.28. The van der Waals surface area contributed by atoms with Gasteiger partial charge in [-0.1, -0.05) is 11.6 Å². The zero-order valence-electron chi connectivity index (χ0n) is 8.53. The van der Waals surface area contributed by atoms with Crippen LogP contribution in [-0.2, 0) is 0 Å². The summed E-state index contributed by atoms with van der Waals surface area (Å²) in [5.41, 5.74) is 6.72. The van der Waals surface area contributed by atoms with Gasteiger partial charge >= 0.3 is 0 Å². The first-order valence-electron chi connectivity index (χ1n) is 4.91. The molecule has 1 amide bonds. The highest BCUT2D eigenvalue weighted by Gasteiger charge is 2.30. The van der Waals surface area contributed by atoms with Gasteiger partial charge in [0.05, 0.1) is 0 Å². The van der Waals surface area contributed by atoms with Crippen molar-refractivity contribution in [3.05, 3.63) is 28.8 Å². The number of carbonyl (C=O) groups excluding carboxylic acids is 1. The highest BCUT2D eigenvalue weighted by molar-refractivity contribution is 6.31. The molecule has 0 spiro atoms. The van der Waals surface area contributed by atoms with E-state index in [1.54, 1.807) is 23.1 Å². The van der Waals surface area contributed by atoms with Crippen LogP contribution in [0.25, 0.3) is 0 Å². The Morgan fingerprint density at radius 2 is 2.13 bits per heavy atom. The number of nitrogens with zero attached hydrogens (tertiary/aromatic N) is 1. The van der Waals surface area contributed by atoms with Crippen molar-refractivity contribution in [1.29, 1.82) is 0 Å². The number of amides is 1. The maximum atomic E-state index is 11.9. The second kappa shape index (κ2) is 3.74. The van der Waals surface area contributed by atoms with Crippen molar-refractivity contribution < 1.29 is 4.79 Å². The lowest BCUT2D eigenvalue weighted by Gasteiger charge is -2.16. The summed E-state index contributed by atoms with van der Waals surface area (Å²) in [6, 6.07) is 5.35. The van der Waals surface area contributed by atoms with E-state index >= 15 is 0 Å². The lowest BCUT2D eigenvalue weighted by atomic mass is 10.2. The van der Waals surface area contributed by atoms with E-state index in [9.17, 15) is 4.79 Å². The first-order valence-corrected chi connectivity index (χ1v) is 5.29. The van der Waals surface area contributed by atoms with Gasteiger partial charge in [-0.2, -0.15) is 0 Å². The molecule has 1 aliphatic carbocycles. The molecule has 0 radical (unpaired) electrons. The predicted octanol–water partition coefficient (Wildman–Crippen LogP) is 2.16. The third-order valence-corrected chi connectivity index (χ3v) is 2.80. The normalized spacial score (nSPS) is 15.1. The molecular formula is C11H13ClN2O. The van der Waals surface area contributed by atoms with Gasteiger partial charge in [0.25, 0.3) is 5.91 Å². The van der Waals surface area contributed by atoms with E-state index < -0.39 is 0 Å². The molecule has 0 bridgehead atoms. The minimum atomic E-state index is -0.00769. The Hall–Kier alpha value is -1.22. The zero-order chi connectivity index (χ0) is 11.0. The van der Waals surface area contributed by atoms with Gasteiger partial charge in [0.1, 0.15) is 0 Å². The predicted molar refractivity (Wildman–Crippen MR) is 61.0 cm³/mol. The fraction of sp³-hybridized carbons (Fsp3) is 0.364. The van der Waals surface area contributed by atoms with Crippen molar-refractivity contribution in [3.63, 3.8) is 0 Å². The molecule has 0 unspecified atom stereocenters. The molecule has 2 N–H and O–H groups in total. The first kappa shape index (κ1) is 10.3. The number of hydrogen-bond donors (Lipinski definition) is 1. The summed E-state index contributed by atoms with van der Waals surface area (Å²) < 4.78 is 0. The van der Waals surface area contributed by atoms with Gasteiger partial charge in [-0.05, 0) is 31.0 Å². The fourth-order valence-corrected chi connectivity index (χ4v) is 1.81. The summed E-state index contributed by atoms with van der Waals surface area (Å²) in [4.78, 5) is 13.7. The van der Waals surface area contributed by atoms with Gasteiger partial charge in [-0.25, -0.2) is 0 Å². The van der Waals surface area contributed by atoms with Gasteiger partial charge in [0.15, 0.2) is 0 Å². The highest BCUT2D eigenvalue weighted by Crippen LogP contribution is 2.27. The number of hydrogen-bond acceptors (Lipinski definition) is 2. The van der Waals surface area contributed by atoms with Crippen LogP contribution in [0.2, 0.25) is 5.02 Å². The Morgan fingerprint density at radius 1 is 1.47 bits per heavy atom. The number of nitrogens with two attached hydrogens (primary N) is 1. The van der Waals surface area contributed by atoms with Crippen LogP contribution in [0.4, 0.5) is 5.69 Å². The molecule has 0 aromatic heterocycles. The number of anilines is 1. The number of carbonyl (C=O) groups is 1. The molecular weight excluding hydrogens is 212 g/mol. The molecule has 1 aliphatic rings. The van der Waals surface area contributed by atoms with E-state index in [2.05, 4.69) is 0 Å². The number of halogens is 1. The SMILES string of the molecule is CN(C(=O)c1cc(N)cc(Cl)c1)C1CC1. The van der Waals surface area contributed by atoms with Crippen molar-refractivity contribution >= 4 is 23.2 Å². The van der Waals surface area contributed by atoms with E-state index in [1.807, 2.05) is 7.05 Å². The molecule has 4 heteroatoms. The molecule has 1 saturated carbocycles. The van der Waals surface area contributed by atoms with Gasteiger partial charge in [0, 0.05) is 29.4 Å². The van der Waals surface area contributed by atoms with Gasteiger partial charge in [-0.3, -0.25) is 4.79 Å². The van der Waals surface area contributed by atoms with Crippen molar-refractivity contribution in [3.8, 4) is 0 Å². The summed E-state index contributed by atoms with van der Waals surface area (Å²) in [5, 5.41) is 0.502. The monoisotopic (exact) mass is 224 g/mol. The largest absolute Gasteiger partial charge is 0.399 e. The quantitative estimate of drug-likeness (QED) is 0.783. The molecule has 15 heavy (non-hydrogen) atoms. The Balaban J connectivity index is 2.24. The average Bonchev–Trinajstić information content (AvgIpc) is 2.97. The van der Waals surface area contributed by atoms with Crippen LogP contribution in [-0.4, -0.2) is 23.9 Å². The second-order valence-corrected chi connectivity index (χ2v) is 4.36. The fourth-order valence-electron chi connectivity index (χ4n) is 1.57. The molecule has 0 aliphatic heterocycles. The smallest absolute Gasteiger partial charge is 0.253 e. The van der Waals surface area contributed by atoms with Crippen molar-refractivity contribution in [2.45, 2.75) is 18.9 Å². The van der Waals surface area contributed by atoms with Crippen LogP contribution in [0.15, 0.2) is 18.2 Å². The van der Waals surface area contributed by atoms with Crippen molar-refractivity contribution in [2.75, 3.05) is 12.8 Å². The molecule has 1 fully saturated rings. The topological polar surface area (TPSA) is 46.3 Å². The molecule has 1 aromatic rings. The average molecular weight is 225 g/mol. The first-order chi connectivity index (χ1) is 7.08. The van der Waals surface area contributed by atoms with Crippen LogP contribution in [0.3, 0.4) is 0 Å². The van der Waals surface area contributed by atoms with Gasteiger partial charge in [0.2, 0.25) is 0 Å². The molecule has 2 rings (SSSR count). The Labute approximate surface area is 93.8 Å². The zero-order valence-corrected chi connectivity index (χ0v) is 9.29. The Morgan fingerprint density at radius 3 is 2.67 bits per heavy atom. The van der Waals surface area contributed by atoms with Crippen LogP contribution in [0, 0.1) is 0 Å². The summed E-state index contributed by atoms with van der Waals surface area (Å²) >= 11 is 5.84. The molecule has 0 saturated heterocycles. The van der Waals surface area contributed by atoms with Crippen LogP contribution >= 0.6 is 11.6 Å². The van der Waals surface area contributed by atoms with Gasteiger partial charge in [-0.15, -0.1) is 0 Å². The summed E-state index contributed by atoms with van der Waals surface area (Å²) in [6.45, 7) is 0. The minimum Gasteiger partial charge on any atom is -0.399 e. The highest BCUT2D eigenvalue weighted by atomic mass is 35.5. The minimum absolute atomic E-state index is 0.00769. The number of benzene rings is 1. The van der Waals surface area contributed by atoms with Crippen LogP contribution < -0.4 is 5.73 Å². The molecule has 3 nitrogen and oxygen atoms in total. The van der Waals surface area contributed by atoms with E-state index in [-0.39, 0.29) is 5.91 Å². The van der Waals surface area contributed by atoms with Crippen molar-refractivity contribution in [2.24, 2.45) is 0 Å². The molecule has 0 heterocycles. The van der Waals surface area contributed by atoms with Crippen LogP contribution in [0.1, 0.15) is 23.2 Å². The lowest BCUT2D eigenvalue weighted by molar-refractivity contribution is 0.0785. The van der Waals surface area contributed by atoms with E-state index in [4.69, 9.17) is 17.3 Å². The van der Waals surface area contributed by atoms with E-state index in [0.29, 0.717) is 22.3 Å². The number of nitrogen functional groups attached to an aromatic ring is 1. The third-order valence-electron chi connectivity index (χ3n) is 2.58. The molecule has 80 valence electrons. The number of rotatable bonds is 2. The Kier molecular flexibility index (Phi) is 2.57. The molecule has 0 atom stereocenters. The maximum absolute atomic E-state index is 11.9. The van der Waals surface area contributed by atoms with E-state index in [0.717, 1.165) is 12.8 Å². The van der Waals surface area contributed by atoms with E-state index in [1.165, 1.54) is 0 Å². The van der Waals surface area contributed by atoms with Crippen molar-refractivity contribution in [1.82, 2.24) is 4.90 Å². The summed E-state index contributed by atoms with van der Waals surface area (Å²) in [6.07, 6.45) is 2.19. The summed E-state index contributed by atoms with van der Waals surface area (Å²) in [5.74, 6) is -0.00769. The standard InChI is InChI=1S/C11H13ClN2O/c1-14(10-2-3-10)11(15)7-4-8(12)6-9(13)5-7/h4-6,10H,2-3,13H2,1H3. The Bertz CT molecular complexity index is 381. The third kappa shape index (κ3) is 2.23. The molecule has 1 aromatic carbocycles. The van der Waals surface area contributed by atoms with Gasteiger partial charge < -0.3 is 10.6 Å². The summed E-state index contributed by atoms with van der Waals surface area (Å²) in [7, 11) is 1.82.